The number of nitrogen functional groups attached to an aromatic ring is 1. The minimum atomic E-state index is 0.318. The van der Waals surface area contributed by atoms with Crippen LogP contribution in [0.3, 0.4) is 0 Å². The Morgan fingerprint density at radius 2 is 1.82 bits per heavy atom. The average Bonchev–Trinajstić information content (AvgIpc) is 2.28. The van der Waals surface area contributed by atoms with Crippen LogP contribution in [0.2, 0.25) is 0 Å². The van der Waals surface area contributed by atoms with Crippen molar-refractivity contribution in [3.8, 4) is 11.3 Å². The highest BCUT2D eigenvalue weighted by atomic mass is 14.9. The number of hydrogen-bond acceptors (Lipinski definition) is 3. The summed E-state index contributed by atoms with van der Waals surface area (Å²) in [6.45, 7) is 6.16. The third-order valence-corrected chi connectivity index (χ3v) is 2.62. The predicted molar refractivity (Wildman–Crippen MR) is 70.7 cm³/mol. The van der Waals surface area contributed by atoms with Crippen LogP contribution in [0.1, 0.15) is 31.3 Å². The Balaban J connectivity index is 2.56. The van der Waals surface area contributed by atoms with E-state index >= 15 is 0 Å². The summed E-state index contributed by atoms with van der Waals surface area (Å²) in [7, 11) is 0. The quantitative estimate of drug-likeness (QED) is 0.802. The first-order valence-electron chi connectivity index (χ1n) is 5.78. The van der Waals surface area contributed by atoms with Gasteiger partial charge < -0.3 is 5.73 Å². The Morgan fingerprint density at radius 1 is 1.12 bits per heavy atom. The number of aromatic nitrogens is 2. The molecule has 2 N–H and O–H groups in total. The van der Waals surface area contributed by atoms with E-state index in [4.69, 9.17) is 5.73 Å². The number of benzene rings is 1. The maximum absolute atomic E-state index is 5.97. The maximum atomic E-state index is 5.97. The van der Waals surface area contributed by atoms with Crippen LogP contribution in [-0.2, 0) is 0 Å². The molecule has 0 spiro atoms. The van der Waals surface area contributed by atoms with E-state index in [2.05, 4.69) is 23.8 Å². The van der Waals surface area contributed by atoms with E-state index < -0.39 is 0 Å². The van der Waals surface area contributed by atoms with Gasteiger partial charge in [0.1, 0.15) is 5.82 Å². The Bertz CT molecular complexity index is 533. The fourth-order valence-corrected chi connectivity index (χ4v) is 1.72. The smallest absolute Gasteiger partial charge is 0.131 e. The van der Waals surface area contributed by atoms with Crippen LogP contribution in [0, 0.1) is 6.92 Å². The standard InChI is InChI=1S/C14H17N3/c1-9(2)14-16-10(3)8-13(17-14)11-6-4-5-7-12(11)15/h4-9H,15H2,1-3H3. The molecule has 0 amide bonds. The number of para-hydroxylation sites is 1. The minimum Gasteiger partial charge on any atom is -0.398 e. The van der Waals surface area contributed by atoms with Gasteiger partial charge in [-0.3, -0.25) is 0 Å². The molecule has 1 aromatic carbocycles. The van der Waals surface area contributed by atoms with Gasteiger partial charge >= 0.3 is 0 Å². The van der Waals surface area contributed by atoms with Crippen molar-refractivity contribution < 1.29 is 0 Å². The fourth-order valence-electron chi connectivity index (χ4n) is 1.72. The zero-order valence-corrected chi connectivity index (χ0v) is 10.4. The average molecular weight is 227 g/mol. The first-order valence-corrected chi connectivity index (χ1v) is 5.78. The van der Waals surface area contributed by atoms with E-state index in [0.29, 0.717) is 5.92 Å². The van der Waals surface area contributed by atoms with Gasteiger partial charge in [0.05, 0.1) is 5.69 Å². The van der Waals surface area contributed by atoms with Crippen molar-refractivity contribution in [3.05, 3.63) is 41.9 Å². The fraction of sp³-hybridized carbons (Fsp3) is 0.286. The zero-order valence-electron chi connectivity index (χ0n) is 10.4. The van der Waals surface area contributed by atoms with E-state index in [0.717, 1.165) is 28.5 Å². The van der Waals surface area contributed by atoms with Gasteiger partial charge in [0.15, 0.2) is 0 Å². The molecular weight excluding hydrogens is 210 g/mol. The first kappa shape index (κ1) is 11.6. The molecule has 0 unspecified atom stereocenters. The molecule has 17 heavy (non-hydrogen) atoms. The van der Waals surface area contributed by atoms with Gasteiger partial charge in [0.25, 0.3) is 0 Å². The lowest BCUT2D eigenvalue weighted by molar-refractivity contribution is 0.768. The van der Waals surface area contributed by atoms with Gasteiger partial charge in [-0.15, -0.1) is 0 Å². The summed E-state index contributed by atoms with van der Waals surface area (Å²) in [5.41, 5.74) is 9.57. The second-order valence-corrected chi connectivity index (χ2v) is 4.49. The number of aryl methyl sites for hydroxylation is 1. The number of rotatable bonds is 2. The van der Waals surface area contributed by atoms with Crippen molar-refractivity contribution in [2.45, 2.75) is 26.7 Å². The summed E-state index contributed by atoms with van der Waals surface area (Å²) >= 11 is 0. The van der Waals surface area contributed by atoms with Crippen molar-refractivity contribution in [1.82, 2.24) is 9.97 Å². The molecule has 0 fully saturated rings. The lowest BCUT2D eigenvalue weighted by Gasteiger charge is -2.09. The topological polar surface area (TPSA) is 51.8 Å². The third kappa shape index (κ3) is 2.44. The summed E-state index contributed by atoms with van der Waals surface area (Å²) in [6.07, 6.45) is 0. The van der Waals surface area contributed by atoms with Crippen LogP contribution in [0.25, 0.3) is 11.3 Å². The van der Waals surface area contributed by atoms with Crippen molar-refractivity contribution in [2.24, 2.45) is 0 Å². The molecule has 0 saturated heterocycles. The lowest BCUT2D eigenvalue weighted by atomic mass is 10.1. The SMILES string of the molecule is Cc1cc(-c2ccccc2N)nc(C(C)C)n1. The Morgan fingerprint density at radius 3 is 2.47 bits per heavy atom. The highest BCUT2D eigenvalue weighted by Crippen LogP contribution is 2.25. The van der Waals surface area contributed by atoms with Gasteiger partial charge in [-0.1, -0.05) is 32.0 Å². The van der Waals surface area contributed by atoms with Crippen LogP contribution in [0.4, 0.5) is 5.69 Å². The van der Waals surface area contributed by atoms with Crippen molar-refractivity contribution in [1.29, 1.82) is 0 Å². The van der Waals surface area contributed by atoms with Gasteiger partial charge in [0, 0.05) is 22.9 Å². The molecule has 1 aromatic heterocycles. The van der Waals surface area contributed by atoms with Crippen molar-refractivity contribution in [3.63, 3.8) is 0 Å². The van der Waals surface area contributed by atoms with Gasteiger partial charge in [-0.2, -0.15) is 0 Å². The number of nitrogens with zero attached hydrogens (tertiary/aromatic N) is 2. The van der Waals surface area contributed by atoms with E-state index in [9.17, 15) is 0 Å². The van der Waals surface area contributed by atoms with Crippen LogP contribution >= 0.6 is 0 Å². The summed E-state index contributed by atoms with van der Waals surface area (Å²) in [5.74, 6) is 1.18. The highest BCUT2D eigenvalue weighted by molar-refractivity contribution is 5.73. The highest BCUT2D eigenvalue weighted by Gasteiger charge is 2.09. The second kappa shape index (κ2) is 4.53. The van der Waals surface area contributed by atoms with E-state index in [1.54, 1.807) is 0 Å². The molecule has 2 aromatic rings. The monoisotopic (exact) mass is 227 g/mol. The van der Waals surface area contributed by atoms with E-state index in [1.807, 2.05) is 37.3 Å². The van der Waals surface area contributed by atoms with Crippen LogP contribution in [0.5, 0.6) is 0 Å². The Labute approximate surface area is 102 Å². The van der Waals surface area contributed by atoms with Crippen LogP contribution in [-0.4, -0.2) is 9.97 Å². The van der Waals surface area contributed by atoms with Crippen molar-refractivity contribution >= 4 is 5.69 Å². The Kier molecular flexibility index (Phi) is 3.09. The largest absolute Gasteiger partial charge is 0.398 e. The zero-order chi connectivity index (χ0) is 12.4. The van der Waals surface area contributed by atoms with E-state index in [1.165, 1.54) is 0 Å². The van der Waals surface area contributed by atoms with Gasteiger partial charge in [0.2, 0.25) is 0 Å². The minimum absolute atomic E-state index is 0.318. The normalized spacial score (nSPS) is 10.8. The summed E-state index contributed by atoms with van der Waals surface area (Å²) in [5, 5.41) is 0. The molecular formula is C14H17N3. The Hall–Kier alpha value is -1.90. The van der Waals surface area contributed by atoms with Gasteiger partial charge in [-0.05, 0) is 19.1 Å². The van der Waals surface area contributed by atoms with Crippen LogP contribution < -0.4 is 5.73 Å². The predicted octanol–water partition coefficient (Wildman–Crippen LogP) is 3.16. The molecule has 1 heterocycles. The summed E-state index contributed by atoms with van der Waals surface area (Å²) in [4.78, 5) is 9.01. The molecule has 0 aliphatic rings. The van der Waals surface area contributed by atoms with E-state index in [-0.39, 0.29) is 0 Å². The van der Waals surface area contributed by atoms with Crippen LogP contribution in [0.15, 0.2) is 30.3 Å². The molecule has 3 heteroatoms. The third-order valence-electron chi connectivity index (χ3n) is 2.62. The molecule has 0 aliphatic heterocycles. The molecule has 88 valence electrons. The second-order valence-electron chi connectivity index (χ2n) is 4.49. The molecule has 0 saturated carbocycles. The summed E-state index contributed by atoms with van der Waals surface area (Å²) < 4.78 is 0. The molecule has 0 bridgehead atoms. The molecule has 0 aliphatic carbocycles. The number of anilines is 1. The van der Waals surface area contributed by atoms with Gasteiger partial charge in [-0.25, -0.2) is 9.97 Å². The molecule has 3 nitrogen and oxygen atoms in total. The lowest BCUT2D eigenvalue weighted by Crippen LogP contribution is -2.02. The first-order chi connectivity index (χ1) is 8.08. The number of nitrogens with two attached hydrogens (primary N) is 1. The van der Waals surface area contributed by atoms with Crippen molar-refractivity contribution in [2.75, 3.05) is 5.73 Å². The molecule has 2 rings (SSSR count). The molecule has 0 atom stereocenters. The maximum Gasteiger partial charge on any atom is 0.131 e. The number of hydrogen-bond donors (Lipinski definition) is 1. The summed E-state index contributed by atoms with van der Waals surface area (Å²) in [6, 6.07) is 9.75. The molecule has 0 radical (unpaired) electrons.